The highest BCUT2D eigenvalue weighted by Gasteiger charge is 2.09. The predicted octanol–water partition coefficient (Wildman–Crippen LogP) is 3.48. The molecule has 0 spiro atoms. The molecule has 2 rings (SSSR count). The highest BCUT2D eigenvalue weighted by Crippen LogP contribution is 2.19. The van der Waals surface area contributed by atoms with Crippen molar-refractivity contribution in [2.75, 3.05) is 12.4 Å². The number of carbonyl (C=O) groups is 2. The normalized spacial score (nSPS) is 10.5. The largest absolute Gasteiger partial charge is 0.497 e. The fraction of sp³-hybridized carbons (Fsp3) is 0.118. The summed E-state index contributed by atoms with van der Waals surface area (Å²) in [6.45, 7) is 0. The molecule has 25 heavy (non-hydrogen) atoms. The SMILES string of the molecule is COc1cccc(NC(=O)CC(=O)NN=Cc2ccc(Cl)cc2Cl)c1. The maximum absolute atomic E-state index is 11.8. The zero-order valence-electron chi connectivity index (χ0n) is 13.3. The van der Waals surface area contributed by atoms with Gasteiger partial charge in [-0.1, -0.05) is 35.3 Å². The van der Waals surface area contributed by atoms with Crippen molar-refractivity contribution in [2.24, 2.45) is 5.10 Å². The Morgan fingerprint density at radius 3 is 2.68 bits per heavy atom. The molecule has 0 radical (unpaired) electrons. The van der Waals surface area contributed by atoms with Crippen LogP contribution >= 0.6 is 23.2 Å². The second-order valence-corrected chi connectivity index (χ2v) is 5.76. The van der Waals surface area contributed by atoms with Crippen molar-refractivity contribution in [3.63, 3.8) is 0 Å². The number of halogens is 2. The van der Waals surface area contributed by atoms with Crippen LogP contribution in [0, 0.1) is 0 Å². The van der Waals surface area contributed by atoms with Gasteiger partial charge < -0.3 is 10.1 Å². The molecular weight excluding hydrogens is 365 g/mol. The first-order valence-corrected chi connectivity index (χ1v) is 7.94. The Hall–Kier alpha value is -2.57. The highest BCUT2D eigenvalue weighted by atomic mass is 35.5. The molecule has 0 aromatic heterocycles. The standard InChI is InChI=1S/C17H15Cl2N3O3/c1-25-14-4-2-3-13(8-14)21-16(23)9-17(24)22-20-10-11-5-6-12(18)7-15(11)19/h2-8,10H,9H2,1H3,(H,21,23)(H,22,24). The van der Waals surface area contributed by atoms with Gasteiger partial charge in [0.15, 0.2) is 0 Å². The van der Waals surface area contributed by atoms with Gasteiger partial charge in [0, 0.05) is 22.3 Å². The second-order valence-electron chi connectivity index (χ2n) is 4.92. The molecule has 8 heteroatoms. The first kappa shape index (κ1) is 18.8. The summed E-state index contributed by atoms with van der Waals surface area (Å²) in [4.78, 5) is 23.6. The lowest BCUT2D eigenvalue weighted by Crippen LogP contribution is -2.24. The third-order valence-corrected chi connectivity index (χ3v) is 3.59. The van der Waals surface area contributed by atoms with Crippen LogP contribution in [0.15, 0.2) is 47.6 Å². The molecule has 0 unspecified atom stereocenters. The lowest BCUT2D eigenvalue weighted by Gasteiger charge is -2.06. The summed E-state index contributed by atoms with van der Waals surface area (Å²) in [6.07, 6.45) is 0.999. The van der Waals surface area contributed by atoms with E-state index in [1.807, 2.05) is 0 Å². The first-order valence-electron chi connectivity index (χ1n) is 7.19. The topological polar surface area (TPSA) is 79.8 Å². The van der Waals surface area contributed by atoms with Gasteiger partial charge in [0.2, 0.25) is 11.8 Å². The van der Waals surface area contributed by atoms with Crippen LogP contribution in [-0.2, 0) is 9.59 Å². The first-order chi connectivity index (χ1) is 12.0. The van der Waals surface area contributed by atoms with Crippen LogP contribution in [0.3, 0.4) is 0 Å². The van der Waals surface area contributed by atoms with E-state index in [-0.39, 0.29) is 6.42 Å². The number of nitrogens with one attached hydrogen (secondary N) is 2. The summed E-state index contributed by atoms with van der Waals surface area (Å²) in [5.74, 6) is -0.418. The van der Waals surface area contributed by atoms with Crippen LogP contribution in [0.4, 0.5) is 5.69 Å². The van der Waals surface area contributed by atoms with Crippen LogP contribution < -0.4 is 15.5 Å². The number of ether oxygens (including phenoxy) is 1. The molecule has 2 aromatic rings. The van der Waals surface area contributed by atoms with Crippen LogP contribution in [-0.4, -0.2) is 25.1 Å². The molecule has 0 saturated heterocycles. The Balaban J connectivity index is 1.84. The van der Waals surface area contributed by atoms with E-state index in [1.54, 1.807) is 42.5 Å². The molecule has 0 atom stereocenters. The molecule has 0 aliphatic heterocycles. The Morgan fingerprint density at radius 2 is 1.96 bits per heavy atom. The smallest absolute Gasteiger partial charge is 0.249 e. The van der Waals surface area contributed by atoms with Gasteiger partial charge in [-0.15, -0.1) is 0 Å². The maximum Gasteiger partial charge on any atom is 0.249 e. The number of rotatable bonds is 6. The lowest BCUT2D eigenvalue weighted by atomic mass is 10.2. The van der Waals surface area contributed by atoms with E-state index >= 15 is 0 Å². The fourth-order valence-electron chi connectivity index (χ4n) is 1.87. The van der Waals surface area contributed by atoms with Gasteiger partial charge in [-0.05, 0) is 24.3 Å². The van der Waals surface area contributed by atoms with Gasteiger partial charge in [0.1, 0.15) is 12.2 Å². The molecule has 2 N–H and O–H groups in total. The average Bonchev–Trinajstić information content (AvgIpc) is 2.56. The van der Waals surface area contributed by atoms with Crippen molar-refractivity contribution >= 4 is 46.9 Å². The molecule has 0 heterocycles. The molecule has 0 saturated carbocycles. The summed E-state index contributed by atoms with van der Waals surface area (Å²) < 4.78 is 5.06. The Bertz CT molecular complexity index is 809. The monoisotopic (exact) mass is 379 g/mol. The molecule has 130 valence electrons. The average molecular weight is 380 g/mol. The van der Waals surface area contributed by atoms with Crippen molar-refractivity contribution in [3.05, 3.63) is 58.1 Å². The third kappa shape index (κ3) is 6.10. The minimum atomic E-state index is -0.554. The van der Waals surface area contributed by atoms with Gasteiger partial charge >= 0.3 is 0 Å². The number of hydrogen-bond donors (Lipinski definition) is 2. The summed E-state index contributed by atoms with van der Waals surface area (Å²) in [6, 6.07) is 11.7. The zero-order chi connectivity index (χ0) is 18.2. The maximum atomic E-state index is 11.8. The van der Waals surface area contributed by atoms with E-state index in [0.29, 0.717) is 27.0 Å². The number of methoxy groups -OCH3 is 1. The third-order valence-electron chi connectivity index (χ3n) is 3.03. The van der Waals surface area contributed by atoms with E-state index < -0.39 is 11.8 Å². The molecule has 6 nitrogen and oxygen atoms in total. The number of benzene rings is 2. The number of nitrogens with zero attached hydrogens (tertiary/aromatic N) is 1. The predicted molar refractivity (Wildman–Crippen MR) is 98.4 cm³/mol. The van der Waals surface area contributed by atoms with Crippen molar-refractivity contribution in [1.82, 2.24) is 5.43 Å². The number of carbonyl (C=O) groups excluding carboxylic acids is 2. The zero-order valence-corrected chi connectivity index (χ0v) is 14.8. The molecule has 0 fully saturated rings. The van der Waals surface area contributed by atoms with Crippen LogP contribution in [0.2, 0.25) is 10.0 Å². The van der Waals surface area contributed by atoms with E-state index in [9.17, 15) is 9.59 Å². The van der Waals surface area contributed by atoms with Gasteiger partial charge in [-0.2, -0.15) is 5.10 Å². The van der Waals surface area contributed by atoms with E-state index in [0.717, 1.165) is 0 Å². The second kappa shape index (κ2) is 9.05. The van der Waals surface area contributed by atoms with E-state index in [4.69, 9.17) is 27.9 Å². The fourth-order valence-corrected chi connectivity index (χ4v) is 2.33. The molecule has 2 amide bonds. The molecule has 0 aliphatic rings. The minimum absolute atomic E-state index is 0.372. The molecular formula is C17H15Cl2N3O3. The number of amides is 2. The van der Waals surface area contributed by atoms with Gasteiger partial charge in [0.05, 0.1) is 18.3 Å². The van der Waals surface area contributed by atoms with E-state index in [2.05, 4.69) is 15.8 Å². The number of hydrogen-bond acceptors (Lipinski definition) is 4. The Morgan fingerprint density at radius 1 is 1.16 bits per heavy atom. The molecule has 0 bridgehead atoms. The summed E-state index contributed by atoms with van der Waals surface area (Å²) >= 11 is 11.8. The van der Waals surface area contributed by atoms with Crippen LogP contribution in [0.1, 0.15) is 12.0 Å². The van der Waals surface area contributed by atoms with Gasteiger partial charge in [-0.3, -0.25) is 9.59 Å². The van der Waals surface area contributed by atoms with Crippen LogP contribution in [0.5, 0.6) is 5.75 Å². The minimum Gasteiger partial charge on any atom is -0.497 e. The Kier molecular flexibility index (Phi) is 6.80. The van der Waals surface area contributed by atoms with Gasteiger partial charge in [-0.25, -0.2) is 5.43 Å². The molecule has 2 aromatic carbocycles. The highest BCUT2D eigenvalue weighted by molar-refractivity contribution is 6.36. The molecule has 0 aliphatic carbocycles. The summed E-state index contributed by atoms with van der Waals surface area (Å²) in [5, 5.41) is 7.28. The van der Waals surface area contributed by atoms with Crippen molar-refractivity contribution < 1.29 is 14.3 Å². The number of anilines is 1. The quantitative estimate of drug-likeness (QED) is 0.458. The van der Waals surface area contributed by atoms with Crippen LogP contribution in [0.25, 0.3) is 0 Å². The van der Waals surface area contributed by atoms with Gasteiger partial charge in [0.25, 0.3) is 0 Å². The van der Waals surface area contributed by atoms with Crippen molar-refractivity contribution in [2.45, 2.75) is 6.42 Å². The summed E-state index contributed by atoms with van der Waals surface area (Å²) in [7, 11) is 1.53. The Labute approximate surface area is 154 Å². The van der Waals surface area contributed by atoms with Crippen molar-refractivity contribution in [1.29, 1.82) is 0 Å². The lowest BCUT2D eigenvalue weighted by molar-refractivity contribution is -0.126. The van der Waals surface area contributed by atoms with E-state index in [1.165, 1.54) is 13.3 Å². The van der Waals surface area contributed by atoms with Crippen molar-refractivity contribution in [3.8, 4) is 5.75 Å². The summed E-state index contributed by atoms with van der Waals surface area (Å²) in [5.41, 5.74) is 3.39. The number of hydrazone groups is 1.